The predicted molar refractivity (Wildman–Crippen MR) is 112 cm³/mol. The Labute approximate surface area is 166 Å². The van der Waals surface area contributed by atoms with E-state index in [0.717, 1.165) is 63.4 Å². The maximum Gasteiger partial charge on any atom is 0.225 e. The van der Waals surface area contributed by atoms with E-state index in [0.29, 0.717) is 0 Å². The molecule has 1 aliphatic heterocycles. The topological polar surface area (TPSA) is 86.5 Å². The Kier molecular flexibility index (Phi) is 6.80. The number of hydrogen-bond acceptors (Lipinski definition) is 6. The fourth-order valence-corrected chi connectivity index (χ4v) is 3.42. The molecular weight excluding hydrogens is 354 g/mol. The van der Waals surface area contributed by atoms with Crippen LogP contribution in [0.5, 0.6) is 0 Å². The minimum atomic E-state index is 0.723. The van der Waals surface area contributed by atoms with Crippen LogP contribution in [0.25, 0.3) is 0 Å². The zero-order valence-corrected chi connectivity index (χ0v) is 17.3. The number of nitrogens with one attached hydrogen (secondary N) is 2. The van der Waals surface area contributed by atoms with Gasteiger partial charge in [-0.25, -0.2) is 9.97 Å². The Morgan fingerprint density at radius 2 is 1.82 bits per heavy atom. The van der Waals surface area contributed by atoms with Crippen molar-refractivity contribution >= 4 is 11.9 Å². The first-order valence-electron chi connectivity index (χ1n) is 9.76. The van der Waals surface area contributed by atoms with E-state index in [9.17, 15) is 0 Å². The first-order valence-corrected chi connectivity index (χ1v) is 9.76. The van der Waals surface area contributed by atoms with E-state index < -0.39 is 0 Å². The molecule has 0 aromatic carbocycles. The molecule has 3 rings (SSSR count). The van der Waals surface area contributed by atoms with E-state index in [2.05, 4.69) is 47.4 Å². The van der Waals surface area contributed by atoms with Gasteiger partial charge in [0.05, 0.1) is 5.69 Å². The van der Waals surface area contributed by atoms with Gasteiger partial charge in [0.15, 0.2) is 5.96 Å². The molecule has 1 saturated heterocycles. The van der Waals surface area contributed by atoms with Gasteiger partial charge in [0, 0.05) is 83.6 Å². The van der Waals surface area contributed by atoms with E-state index in [1.807, 2.05) is 24.7 Å². The Morgan fingerprint density at radius 3 is 2.43 bits per heavy atom. The van der Waals surface area contributed by atoms with Crippen molar-refractivity contribution < 1.29 is 0 Å². The summed E-state index contributed by atoms with van der Waals surface area (Å²) in [4.78, 5) is 17.7. The maximum absolute atomic E-state index is 4.46. The van der Waals surface area contributed by atoms with Gasteiger partial charge in [0.25, 0.3) is 0 Å². The van der Waals surface area contributed by atoms with Gasteiger partial charge in [-0.3, -0.25) is 14.6 Å². The zero-order chi connectivity index (χ0) is 19.9. The third kappa shape index (κ3) is 4.98. The molecule has 0 unspecified atom stereocenters. The summed E-state index contributed by atoms with van der Waals surface area (Å²) < 4.78 is 1.92. The average molecular weight is 386 g/mol. The summed E-state index contributed by atoms with van der Waals surface area (Å²) in [5, 5.41) is 11.3. The molecular formula is C19H31N9. The Balaban J connectivity index is 1.38. The van der Waals surface area contributed by atoms with Crippen molar-refractivity contribution in [3.63, 3.8) is 0 Å². The third-order valence-electron chi connectivity index (χ3n) is 5.24. The molecule has 28 heavy (non-hydrogen) atoms. The number of hydrogen-bond donors (Lipinski definition) is 2. The monoisotopic (exact) mass is 385 g/mol. The van der Waals surface area contributed by atoms with Crippen LogP contribution in [0.15, 0.2) is 23.5 Å². The van der Waals surface area contributed by atoms with Crippen LogP contribution in [-0.4, -0.2) is 76.9 Å². The van der Waals surface area contributed by atoms with Gasteiger partial charge in [-0.1, -0.05) is 0 Å². The Hall–Kier alpha value is -2.68. The van der Waals surface area contributed by atoms with Crippen LogP contribution in [0.4, 0.5) is 5.95 Å². The van der Waals surface area contributed by atoms with E-state index in [1.54, 1.807) is 19.4 Å². The number of anilines is 1. The number of guanidine groups is 1. The molecule has 9 nitrogen and oxygen atoms in total. The van der Waals surface area contributed by atoms with Crippen LogP contribution in [-0.2, 0) is 13.6 Å². The highest BCUT2D eigenvalue weighted by Gasteiger charge is 2.18. The van der Waals surface area contributed by atoms with Crippen LogP contribution in [0.2, 0.25) is 0 Å². The Morgan fingerprint density at radius 1 is 1.11 bits per heavy atom. The number of aryl methyl sites for hydroxylation is 2. The molecule has 0 atom stereocenters. The normalized spacial score (nSPS) is 15.7. The molecule has 0 radical (unpaired) electrons. The number of aliphatic imine (C=N–C) groups is 1. The third-order valence-corrected chi connectivity index (χ3v) is 5.24. The quantitative estimate of drug-likeness (QED) is 0.547. The summed E-state index contributed by atoms with van der Waals surface area (Å²) in [5.74, 6) is 1.64. The van der Waals surface area contributed by atoms with E-state index in [-0.39, 0.29) is 0 Å². The first kappa shape index (κ1) is 20.1. The molecule has 152 valence electrons. The lowest BCUT2D eigenvalue weighted by atomic mass is 10.2. The van der Waals surface area contributed by atoms with Gasteiger partial charge in [-0.05, 0) is 19.9 Å². The van der Waals surface area contributed by atoms with Crippen molar-refractivity contribution in [3.8, 4) is 0 Å². The molecule has 1 fully saturated rings. The lowest BCUT2D eigenvalue weighted by molar-refractivity contribution is 0.260. The lowest BCUT2D eigenvalue weighted by Crippen LogP contribution is -2.49. The van der Waals surface area contributed by atoms with Crippen LogP contribution in [0.1, 0.15) is 17.0 Å². The molecule has 1 aliphatic rings. The van der Waals surface area contributed by atoms with Crippen LogP contribution in [0.3, 0.4) is 0 Å². The fourth-order valence-electron chi connectivity index (χ4n) is 3.42. The van der Waals surface area contributed by atoms with Crippen LogP contribution >= 0.6 is 0 Å². The lowest BCUT2D eigenvalue weighted by Gasteiger charge is -2.34. The smallest absolute Gasteiger partial charge is 0.225 e. The second-order valence-corrected chi connectivity index (χ2v) is 7.00. The van der Waals surface area contributed by atoms with Crippen molar-refractivity contribution in [3.05, 3.63) is 35.4 Å². The SMILES string of the molecule is CN=C(NCCN1CCN(c2ncccn2)CC1)NCc1c(C)nn(C)c1C. The summed E-state index contributed by atoms with van der Waals surface area (Å²) >= 11 is 0. The number of nitrogens with zero attached hydrogens (tertiary/aromatic N) is 7. The van der Waals surface area contributed by atoms with Crippen molar-refractivity contribution in [1.29, 1.82) is 0 Å². The molecule has 3 heterocycles. The maximum atomic E-state index is 4.46. The van der Waals surface area contributed by atoms with Crippen molar-refractivity contribution in [2.75, 3.05) is 51.2 Å². The number of aromatic nitrogens is 4. The van der Waals surface area contributed by atoms with Crippen molar-refractivity contribution in [1.82, 2.24) is 35.3 Å². The molecule has 2 aromatic heterocycles. The first-order chi connectivity index (χ1) is 13.6. The van der Waals surface area contributed by atoms with E-state index in [4.69, 9.17) is 0 Å². The predicted octanol–water partition coefficient (Wildman–Crippen LogP) is 0.314. The molecule has 0 amide bonds. The van der Waals surface area contributed by atoms with Gasteiger partial charge in [0.2, 0.25) is 5.95 Å². The summed E-state index contributed by atoms with van der Waals surface area (Å²) in [6, 6.07) is 1.85. The second-order valence-electron chi connectivity index (χ2n) is 7.00. The van der Waals surface area contributed by atoms with Crippen molar-refractivity contribution in [2.24, 2.45) is 12.0 Å². The molecule has 2 aromatic rings. The molecule has 0 bridgehead atoms. The zero-order valence-electron chi connectivity index (χ0n) is 17.3. The summed E-state index contributed by atoms with van der Waals surface area (Å²) in [5.41, 5.74) is 3.47. The number of rotatable bonds is 6. The van der Waals surface area contributed by atoms with Crippen molar-refractivity contribution in [2.45, 2.75) is 20.4 Å². The molecule has 2 N–H and O–H groups in total. The highest BCUT2D eigenvalue weighted by Crippen LogP contribution is 2.11. The summed E-state index contributed by atoms with van der Waals surface area (Å²) in [7, 11) is 3.78. The average Bonchev–Trinajstić information content (AvgIpc) is 2.97. The van der Waals surface area contributed by atoms with Gasteiger partial charge >= 0.3 is 0 Å². The second kappa shape index (κ2) is 9.50. The largest absolute Gasteiger partial charge is 0.355 e. The molecule has 0 aliphatic carbocycles. The Bertz CT molecular complexity index is 776. The molecule has 0 spiro atoms. The molecule has 0 saturated carbocycles. The summed E-state index contributed by atoms with van der Waals surface area (Å²) in [6.45, 7) is 10.6. The van der Waals surface area contributed by atoms with Gasteiger partial charge in [-0.2, -0.15) is 5.10 Å². The van der Waals surface area contributed by atoms with E-state index >= 15 is 0 Å². The molecule has 9 heteroatoms. The number of piperazine rings is 1. The van der Waals surface area contributed by atoms with Gasteiger partial charge in [0.1, 0.15) is 0 Å². The minimum Gasteiger partial charge on any atom is -0.355 e. The highest BCUT2D eigenvalue weighted by atomic mass is 15.3. The minimum absolute atomic E-state index is 0.723. The fraction of sp³-hybridized carbons (Fsp3) is 0.579. The standard InChI is InChI=1S/C19H31N9/c1-15-17(16(2)26(4)25-15)14-24-18(20-3)21-8-9-27-10-12-28(13-11-27)19-22-6-5-7-23-19/h5-7H,8-14H2,1-4H3,(H2,20,21,24). The highest BCUT2D eigenvalue weighted by molar-refractivity contribution is 5.79. The van der Waals surface area contributed by atoms with Gasteiger partial charge < -0.3 is 15.5 Å². The van der Waals surface area contributed by atoms with Crippen LogP contribution in [0, 0.1) is 13.8 Å². The van der Waals surface area contributed by atoms with Crippen LogP contribution < -0.4 is 15.5 Å². The summed E-state index contributed by atoms with van der Waals surface area (Å²) in [6.07, 6.45) is 3.59. The van der Waals surface area contributed by atoms with Gasteiger partial charge in [-0.15, -0.1) is 0 Å². The van der Waals surface area contributed by atoms with E-state index in [1.165, 1.54) is 11.3 Å².